The van der Waals surface area contributed by atoms with Gasteiger partial charge in [0.1, 0.15) is 23.9 Å². The lowest BCUT2D eigenvalue weighted by Gasteiger charge is -2.33. The van der Waals surface area contributed by atoms with Crippen LogP contribution in [0.15, 0.2) is 30.5 Å². The summed E-state index contributed by atoms with van der Waals surface area (Å²) >= 11 is 0. The summed E-state index contributed by atoms with van der Waals surface area (Å²) in [5.74, 6) is -0.364. The van der Waals surface area contributed by atoms with Crippen LogP contribution >= 0.6 is 0 Å². The molecule has 8 nitrogen and oxygen atoms in total. The van der Waals surface area contributed by atoms with E-state index in [4.69, 9.17) is 4.74 Å². The molecular formula is C27H42N4O4. The highest BCUT2D eigenvalue weighted by atomic mass is 16.5. The maximum atomic E-state index is 13.7. The van der Waals surface area contributed by atoms with Crippen molar-refractivity contribution in [2.45, 2.75) is 78.6 Å². The van der Waals surface area contributed by atoms with E-state index in [0.717, 1.165) is 5.56 Å². The van der Waals surface area contributed by atoms with Gasteiger partial charge in [-0.2, -0.15) is 0 Å². The molecule has 5 atom stereocenters. The second-order valence-electron chi connectivity index (χ2n) is 10.1. The van der Waals surface area contributed by atoms with Crippen molar-refractivity contribution in [1.82, 2.24) is 21.3 Å². The van der Waals surface area contributed by atoms with Gasteiger partial charge in [0.25, 0.3) is 0 Å². The number of carbonyl (C=O) groups is 3. The average molecular weight is 487 g/mol. The van der Waals surface area contributed by atoms with Gasteiger partial charge in [-0.1, -0.05) is 60.1 Å². The van der Waals surface area contributed by atoms with E-state index >= 15 is 0 Å². The summed E-state index contributed by atoms with van der Waals surface area (Å²) < 4.78 is 6.28. The van der Waals surface area contributed by atoms with E-state index in [9.17, 15) is 14.4 Å². The minimum Gasteiger partial charge on any atom is -0.487 e. The first-order chi connectivity index (χ1) is 16.6. The highest BCUT2D eigenvalue weighted by molar-refractivity contribution is 5.94. The zero-order valence-electron chi connectivity index (χ0n) is 22.1. The first-order valence-corrected chi connectivity index (χ1v) is 12.6. The Morgan fingerprint density at radius 2 is 1.71 bits per heavy atom. The van der Waals surface area contributed by atoms with Crippen LogP contribution in [-0.2, 0) is 14.4 Å². The Hall–Kier alpha value is -2.87. The van der Waals surface area contributed by atoms with Crippen molar-refractivity contribution >= 4 is 23.8 Å². The van der Waals surface area contributed by atoms with Gasteiger partial charge >= 0.3 is 0 Å². The molecule has 4 N–H and O–H groups in total. The van der Waals surface area contributed by atoms with Crippen LogP contribution in [-0.4, -0.2) is 49.0 Å². The Bertz CT molecular complexity index is 882. The number of likely N-dealkylation sites (N-methyl/N-ethyl adjacent to an activating group) is 1. The molecule has 2 bridgehead atoms. The fraction of sp³-hybridized carbons (Fsp3) is 0.593. The molecule has 2 aliphatic rings. The second kappa shape index (κ2) is 13.3. The van der Waals surface area contributed by atoms with Gasteiger partial charge in [0.2, 0.25) is 17.7 Å². The molecule has 8 heteroatoms. The normalized spacial score (nSPS) is 22.7. The minimum atomic E-state index is -0.997. The molecule has 3 rings (SSSR count). The van der Waals surface area contributed by atoms with Crippen LogP contribution in [0.5, 0.6) is 5.75 Å². The van der Waals surface area contributed by atoms with Crippen LogP contribution in [0.3, 0.4) is 0 Å². The Labute approximate surface area is 209 Å². The number of rotatable bonds is 8. The van der Waals surface area contributed by atoms with Gasteiger partial charge in [-0.25, -0.2) is 0 Å². The molecule has 5 unspecified atom stereocenters. The zero-order chi connectivity index (χ0) is 26.1. The molecule has 0 saturated heterocycles. The first kappa shape index (κ1) is 28.4. The number of hydrogen-bond acceptors (Lipinski definition) is 5. The smallest absolute Gasteiger partial charge is 0.247 e. The summed E-state index contributed by atoms with van der Waals surface area (Å²) in [4.78, 5) is 39.9. The van der Waals surface area contributed by atoms with Crippen molar-refractivity contribution < 1.29 is 19.1 Å². The average Bonchev–Trinajstić information content (AvgIpc) is 2.82. The van der Waals surface area contributed by atoms with Gasteiger partial charge in [0.15, 0.2) is 0 Å². The molecule has 1 aromatic carbocycles. The molecule has 194 valence electrons. The first-order valence-electron chi connectivity index (χ1n) is 12.6. The Morgan fingerprint density at radius 1 is 1.06 bits per heavy atom. The molecule has 0 saturated carbocycles. The van der Waals surface area contributed by atoms with E-state index < -0.39 is 30.1 Å². The predicted octanol–water partition coefficient (Wildman–Crippen LogP) is 2.84. The zero-order valence-corrected chi connectivity index (χ0v) is 22.1. The quantitative estimate of drug-likeness (QED) is 0.452. The van der Waals surface area contributed by atoms with Gasteiger partial charge in [0.05, 0.1) is 6.04 Å². The third-order valence-electron chi connectivity index (χ3n) is 6.38. The van der Waals surface area contributed by atoms with Crippen LogP contribution in [0.1, 0.15) is 59.9 Å². The lowest BCUT2D eigenvalue weighted by atomic mass is 9.94. The Kier molecular flexibility index (Phi) is 10.8. The lowest BCUT2D eigenvalue weighted by molar-refractivity contribution is -0.135. The fourth-order valence-corrected chi connectivity index (χ4v) is 4.04. The number of hydrogen-bond donors (Lipinski definition) is 4. The highest BCUT2D eigenvalue weighted by Crippen LogP contribution is 2.21. The summed E-state index contributed by atoms with van der Waals surface area (Å²) in [5.41, 5.74) is 0.898. The highest BCUT2D eigenvalue weighted by Gasteiger charge is 2.38. The molecule has 2 heterocycles. The number of amides is 3. The second-order valence-corrected chi connectivity index (χ2v) is 10.1. The third-order valence-corrected chi connectivity index (χ3v) is 6.38. The van der Waals surface area contributed by atoms with Crippen LogP contribution in [0.4, 0.5) is 0 Å². The topological polar surface area (TPSA) is 109 Å². The maximum absolute atomic E-state index is 13.7. The molecule has 3 amide bonds. The SMILES string of the molecule is CCC(C)C1NC(=O)C(NC(=O)C(CC(C)C)NC)C(C(C)C)Oc2ccc(cc2)C=CNC1=O. The van der Waals surface area contributed by atoms with E-state index in [1.54, 1.807) is 19.3 Å². The van der Waals surface area contributed by atoms with E-state index in [2.05, 4.69) is 21.3 Å². The number of carbonyl (C=O) groups excluding carboxylic acids is 3. The van der Waals surface area contributed by atoms with Crippen molar-refractivity contribution in [3.8, 4) is 5.75 Å². The van der Waals surface area contributed by atoms with Gasteiger partial charge in [-0.15, -0.1) is 0 Å². The standard InChI is InChI=1S/C27H42N4O4/c1-8-18(6)22-26(33)29-14-13-19-9-11-20(12-10-19)35-24(17(4)5)23(27(34)30-22)31-25(32)21(28-7)15-16(2)3/h9-14,16-18,21-24,28H,8,15H2,1-7H3,(H,29,33)(H,30,34)(H,31,32). The largest absolute Gasteiger partial charge is 0.487 e. The van der Waals surface area contributed by atoms with E-state index in [1.165, 1.54) is 0 Å². The summed E-state index contributed by atoms with van der Waals surface area (Å²) in [6.45, 7) is 11.9. The van der Waals surface area contributed by atoms with Crippen LogP contribution < -0.4 is 26.0 Å². The fourth-order valence-electron chi connectivity index (χ4n) is 4.04. The van der Waals surface area contributed by atoms with Crippen molar-refractivity contribution in [3.63, 3.8) is 0 Å². The van der Waals surface area contributed by atoms with Crippen LogP contribution in [0.2, 0.25) is 0 Å². The minimum absolute atomic E-state index is 0.104. The molecular weight excluding hydrogens is 444 g/mol. The Balaban J connectivity index is 2.50. The van der Waals surface area contributed by atoms with Gasteiger partial charge < -0.3 is 26.0 Å². The molecule has 1 aromatic rings. The monoisotopic (exact) mass is 486 g/mol. The van der Waals surface area contributed by atoms with Crippen molar-refractivity contribution in [3.05, 3.63) is 36.0 Å². The predicted molar refractivity (Wildman–Crippen MR) is 138 cm³/mol. The van der Waals surface area contributed by atoms with Crippen molar-refractivity contribution in [2.75, 3.05) is 7.05 Å². The van der Waals surface area contributed by atoms with E-state index in [1.807, 2.05) is 65.8 Å². The molecule has 0 aliphatic carbocycles. The Morgan fingerprint density at radius 3 is 2.26 bits per heavy atom. The molecule has 0 radical (unpaired) electrons. The number of ether oxygens (including phenoxy) is 1. The lowest BCUT2D eigenvalue weighted by Crippen LogP contribution is -2.62. The number of nitrogens with one attached hydrogen (secondary N) is 4. The number of benzene rings is 1. The van der Waals surface area contributed by atoms with Gasteiger partial charge in [0, 0.05) is 6.20 Å². The molecule has 0 spiro atoms. The third kappa shape index (κ3) is 8.09. The van der Waals surface area contributed by atoms with Gasteiger partial charge in [-0.05, 0) is 55.0 Å². The van der Waals surface area contributed by atoms with Crippen molar-refractivity contribution in [2.24, 2.45) is 17.8 Å². The van der Waals surface area contributed by atoms with Crippen LogP contribution in [0, 0.1) is 17.8 Å². The van der Waals surface area contributed by atoms with Gasteiger partial charge in [-0.3, -0.25) is 14.4 Å². The van der Waals surface area contributed by atoms with Crippen LogP contribution in [0.25, 0.3) is 6.08 Å². The van der Waals surface area contributed by atoms with Crippen molar-refractivity contribution in [1.29, 1.82) is 0 Å². The molecule has 35 heavy (non-hydrogen) atoms. The summed E-state index contributed by atoms with van der Waals surface area (Å²) in [6.07, 6.45) is 4.03. The molecule has 0 aromatic heterocycles. The summed E-state index contributed by atoms with van der Waals surface area (Å²) in [6, 6.07) is 5.17. The number of fused-ring (bicyclic) bond motifs is 10. The molecule has 2 aliphatic heterocycles. The van der Waals surface area contributed by atoms with E-state index in [-0.39, 0.29) is 23.7 Å². The maximum Gasteiger partial charge on any atom is 0.247 e. The van der Waals surface area contributed by atoms with E-state index in [0.29, 0.717) is 24.5 Å². The summed E-state index contributed by atoms with van der Waals surface area (Å²) in [7, 11) is 1.73. The summed E-state index contributed by atoms with van der Waals surface area (Å²) in [5, 5.41) is 11.7. The molecule has 0 fully saturated rings.